The molecule has 470 valence electrons. The lowest BCUT2D eigenvalue weighted by Crippen LogP contribution is -2.49. The summed E-state index contributed by atoms with van der Waals surface area (Å²) < 4.78 is 25.6. The van der Waals surface area contributed by atoms with Crippen LogP contribution < -0.4 is 21.8 Å². The van der Waals surface area contributed by atoms with Crippen molar-refractivity contribution in [3.05, 3.63) is 92.7 Å². The standard InChI is InChI=1S/C17H25NO4.C16H22N4O4.C9H17NO5.2C8H18.CH4.H2N4/c1-12(2)14(18-16(20)22-17(3,4)5)15(19)21-11-13-9-7-6-8-10-13;1-11(19-20-17)13(18-15(22)24-16(2,3)4)14(21)23-10-12-8-6-5-7-9-12;1-5(11)6(7(12)13)10-8(14)15-9(2,3)4;2*1-3-5-7-8-6-4-2;;1-3-4-2/h6-10,12,14H,11H2,1-5H3,(H,18,20);5-9,11,13H,10H2,1-4H3,(H,18,22);5-6,11H,1-4H3,(H,10,14)(H,12,13);2*3-8H2,1-2H3;1H4;1H2/t14-;11-,13+;5-,6+;;;;/m011..../s1. The molecule has 0 unspecified atom stereocenters. The van der Waals surface area contributed by atoms with Gasteiger partial charge in [-0.05, 0) is 97.0 Å². The zero-order valence-corrected chi connectivity index (χ0v) is 51.8. The number of aliphatic hydroxyl groups excluding tert-OH is 1. The molecular weight excluding hydrogens is 1060 g/mol. The van der Waals surface area contributed by atoms with Gasteiger partial charge in [-0.15, -0.1) is 5.53 Å². The summed E-state index contributed by atoms with van der Waals surface area (Å²) in [7, 11) is 0. The molecular formula is C59H106N10O13. The lowest BCUT2D eigenvalue weighted by Gasteiger charge is -2.24. The van der Waals surface area contributed by atoms with Gasteiger partial charge in [0, 0.05) is 4.91 Å². The number of hydrogen-bond acceptors (Lipinski definition) is 14. The zero-order valence-electron chi connectivity index (χ0n) is 51.8. The largest absolute Gasteiger partial charge is 0.480 e. The number of unbranched alkanes of at least 4 members (excludes halogenated alkanes) is 10. The minimum atomic E-state index is -1.36. The Balaban J connectivity index is -0.000000312. The molecule has 0 radical (unpaired) electrons. The molecule has 3 amide bonds. The van der Waals surface area contributed by atoms with Crippen molar-refractivity contribution in [1.82, 2.24) is 16.0 Å². The van der Waals surface area contributed by atoms with E-state index < -0.39 is 83.3 Å². The molecule has 23 nitrogen and oxygen atoms in total. The van der Waals surface area contributed by atoms with Crippen LogP contribution in [0.5, 0.6) is 0 Å². The molecule has 0 aliphatic rings. The van der Waals surface area contributed by atoms with Gasteiger partial charge in [-0.2, -0.15) is 4.91 Å². The Bertz CT molecular complexity index is 2060. The van der Waals surface area contributed by atoms with Crippen LogP contribution in [-0.4, -0.2) is 93.5 Å². The van der Waals surface area contributed by atoms with Crippen molar-refractivity contribution in [1.29, 1.82) is 0 Å². The number of ether oxygens (including phenoxy) is 5. The third-order valence-corrected chi connectivity index (χ3v) is 10.1. The van der Waals surface area contributed by atoms with Gasteiger partial charge in [0.15, 0.2) is 6.04 Å². The summed E-state index contributed by atoms with van der Waals surface area (Å²) in [6, 6.07) is 14.4. The fourth-order valence-electron chi connectivity index (χ4n) is 6.06. The summed E-state index contributed by atoms with van der Waals surface area (Å²) in [6.45, 7) is 31.1. The fraction of sp³-hybridized carbons (Fsp3) is 0.695. The summed E-state index contributed by atoms with van der Waals surface area (Å²) in [5.41, 5.74) is 15.4. The summed E-state index contributed by atoms with van der Waals surface area (Å²) in [6.07, 6.45) is 13.5. The van der Waals surface area contributed by atoms with Gasteiger partial charge >= 0.3 is 36.2 Å². The molecule has 0 spiro atoms. The summed E-state index contributed by atoms with van der Waals surface area (Å²) in [5, 5.41) is 30.6. The van der Waals surface area contributed by atoms with Crippen LogP contribution >= 0.6 is 0 Å². The highest BCUT2D eigenvalue weighted by molar-refractivity contribution is 5.83. The molecule has 0 aliphatic heterocycles. The molecule has 2 rings (SSSR count). The highest BCUT2D eigenvalue weighted by atomic mass is 16.6. The van der Waals surface area contributed by atoms with E-state index in [1.807, 2.05) is 62.4 Å². The summed E-state index contributed by atoms with van der Waals surface area (Å²) in [4.78, 5) is 74.7. The third kappa shape index (κ3) is 53.7. The third-order valence-electron chi connectivity index (χ3n) is 10.1. The first-order valence-corrected chi connectivity index (χ1v) is 27.9. The molecule has 0 bridgehead atoms. The number of carbonyl (C=O) groups is 6. The van der Waals surface area contributed by atoms with Crippen LogP contribution in [0.25, 0.3) is 20.9 Å². The molecule has 0 fully saturated rings. The van der Waals surface area contributed by atoms with Crippen molar-refractivity contribution < 1.29 is 62.7 Å². The van der Waals surface area contributed by atoms with E-state index in [2.05, 4.69) is 69.6 Å². The zero-order chi connectivity index (χ0) is 63.0. The maximum atomic E-state index is 12.3. The SMILES string of the molecule is C.CC(C)[C@H](NC(=O)OC(C)(C)C)C(=O)OCc1ccccc1.CCCCCCCC.CCCCCCCC.C[C@@H](N=[N+]=[N-])[C@H](NC(=O)OC(C)(C)C)C(=O)OCc1ccccc1.C[C@@H](O)[C@H](NC(=O)OC(C)(C)C)C(=O)O.[N-]=[N+]=NN. The van der Waals surface area contributed by atoms with Crippen molar-refractivity contribution in [3.8, 4) is 0 Å². The Morgan fingerprint density at radius 1 is 0.537 bits per heavy atom. The van der Waals surface area contributed by atoms with Crippen molar-refractivity contribution in [2.75, 3.05) is 0 Å². The number of aliphatic carboxylic acids is 1. The highest BCUT2D eigenvalue weighted by Crippen LogP contribution is 2.13. The van der Waals surface area contributed by atoms with E-state index in [0.29, 0.717) is 0 Å². The van der Waals surface area contributed by atoms with Crippen LogP contribution in [0.2, 0.25) is 0 Å². The van der Waals surface area contributed by atoms with E-state index >= 15 is 0 Å². The van der Waals surface area contributed by atoms with Gasteiger partial charge in [-0.3, -0.25) is 5.84 Å². The van der Waals surface area contributed by atoms with Crippen molar-refractivity contribution in [2.24, 2.45) is 22.1 Å². The molecule has 0 saturated heterocycles. The number of rotatable bonds is 24. The smallest absolute Gasteiger partial charge is 0.408 e. The normalized spacial score (nSPS) is 12.1. The van der Waals surface area contributed by atoms with E-state index in [-0.39, 0.29) is 26.6 Å². The second-order valence-corrected chi connectivity index (χ2v) is 21.9. The molecule has 2 aromatic carbocycles. The van der Waals surface area contributed by atoms with E-state index in [1.54, 1.807) is 74.4 Å². The van der Waals surface area contributed by atoms with Gasteiger partial charge in [0.05, 0.1) is 12.1 Å². The Kier molecular flexibility index (Phi) is 50.9. The lowest BCUT2D eigenvalue weighted by molar-refractivity contribution is -0.149. The van der Waals surface area contributed by atoms with Gasteiger partial charge in [0.2, 0.25) is 0 Å². The van der Waals surface area contributed by atoms with Gasteiger partial charge in [-0.25, -0.2) is 28.8 Å². The van der Waals surface area contributed by atoms with Crippen LogP contribution in [0.1, 0.15) is 213 Å². The van der Waals surface area contributed by atoms with Crippen molar-refractivity contribution in [2.45, 2.75) is 262 Å². The highest BCUT2D eigenvalue weighted by Gasteiger charge is 2.31. The Morgan fingerprint density at radius 3 is 1.07 bits per heavy atom. The Hall–Kier alpha value is -6.96. The maximum Gasteiger partial charge on any atom is 0.408 e. The van der Waals surface area contributed by atoms with Crippen LogP contribution in [0, 0.1) is 5.92 Å². The monoisotopic (exact) mass is 1160 g/mol. The number of alkyl carbamates (subject to hydrolysis) is 3. The number of carboxylic acids is 1. The second-order valence-electron chi connectivity index (χ2n) is 21.9. The first-order valence-electron chi connectivity index (χ1n) is 27.9. The predicted octanol–water partition coefficient (Wildman–Crippen LogP) is 14.5. The molecule has 5 atom stereocenters. The number of hydrogen-bond donors (Lipinski definition) is 6. The maximum absolute atomic E-state index is 12.3. The second kappa shape index (κ2) is 49.8. The first kappa shape index (κ1) is 83.9. The van der Waals surface area contributed by atoms with E-state index in [9.17, 15) is 28.8 Å². The number of carbonyl (C=O) groups excluding carboxylic acids is 5. The Labute approximate surface area is 490 Å². The molecule has 0 saturated carbocycles. The van der Waals surface area contributed by atoms with Crippen LogP contribution in [0.3, 0.4) is 0 Å². The molecule has 2 aromatic rings. The van der Waals surface area contributed by atoms with Crippen molar-refractivity contribution in [3.63, 3.8) is 0 Å². The number of nitrogens with one attached hydrogen (secondary N) is 3. The minimum absolute atomic E-state index is 0. The molecule has 23 heteroatoms. The van der Waals surface area contributed by atoms with Gasteiger partial charge < -0.3 is 49.8 Å². The van der Waals surface area contributed by atoms with E-state index in [0.717, 1.165) is 11.1 Å². The number of benzene rings is 2. The van der Waals surface area contributed by atoms with Crippen LogP contribution in [0.15, 0.2) is 71.0 Å². The number of amides is 3. The van der Waals surface area contributed by atoms with Gasteiger partial charge in [0.1, 0.15) is 42.1 Å². The Morgan fingerprint density at radius 2 is 0.829 bits per heavy atom. The number of nitrogens with two attached hydrogens (primary N) is 1. The number of esters is 2. The summed E-state index contributed by atoms with van der Waals surface area (Å²) >= 11 is 0. The van der Waals surface area contributed by atoms with Crippen molar-refractivity contribution >= 4 is 36.2 Å². The number of aliphatic hydroxyl groups is 1. The average molecular weight is 1160 g/mol. The summed E-state index contributed by atoms with van der Waals surface area (Å²) in [5.74, 6) is 1.65. The number of carboxylic acid groups (broad SMARTS) is 1. The number of azide groups is 2. The quantitative estimate of drug-likeness (QED) is 0.00832. The molecule has 0 heterocycles. The molecule has 0 aliphatic carbocycles. The van der Waals surface area contributed by atoms with Crippen LogP contribution in [-0.2, 0) is 51.3 Å². The van der Waals surface area contributed by atoms with Gasteiger partial charge in [-0.1, -0.05) is 199 Å². The topological polar surface area (TPSA) is 349 Å². The molecule has 82 heavy (non-hydrogen) atoms. The van der Waals surface area contributed by atoms with Crippen LogP contribution in [0.4, 0.5) is 14.4 Å². The predicted molar refractivity (Wildman–Crippen MR) is 323 cm³/mol. The minimum Gasteiger partial charge on any atom is -0.480 e. The number of nitrogens with zero attached hydrogens (tertiary/aromatic N) is 6. The molecule has 7 N–H and O–H groups in total. The molecule has 0 aromatic heterocycles. The first-order chi connectivity index (χ1) is 37.8. The fourth-order valence-corrected chi connectivity index (χ4v) is 6.06. The van der Waals surface area contributed by atoms with E-state index in [1.165, 1.54) is 90.9 Å². The lowest BCUT2D eigenvalue weighted by atomic mass is 10.1. The average Bonchev–Trinajstić information content (AvgIpc) is 3.38. The van der Waals surface area contributed by atoms with E-state index in [4.69, 9.17) is 45.0 Å². The van der Waals surface area contributed by atoms with Gasteiger partial charge in [0.25, 0.3) is 0 Å².